The zero-order chi connectivity index (χ0) is 19.8. The van der Waals surface area contributed by atoms with E-state index in [4.69, 9.17) is 4.74 Å². The second kappa shape index (κ2) is 9.71. The van der Waals surface area contributed by atoms with Crippen LogP contribution in [0, 0.1) is 11.7 Å². The molecule has 2 rings (SSSR count). The minimum absolute atomic E-state index is 0.243. The van der Waals surface area contributed by atoms with Crippen molar-refractivity contribution in [1.82, 2.24) is 5.32 Å². The quantitative estimate of drug-likeness (QED) is 0.736. The molecule has 0 spiro atoms. The summed E-state index contributed by atoms with van der Waals surface area (Å²) in [6, 6.07) is 12.3. The predicted molar refractivity (Wildman–Crippen MR) is 103 cm³/mol. The van der Waals surface area contributed by atoms with Gasteiger partial charge in [-0.05, 0) is 48.7 Å². The topological polar surface area (TPSA) is 67.4 Å². The number of amides is 2. The van der Waals surface area contributed by atoms with Crippen LogP contribution in [0.4, 0.5) is 10.1 Å². The minimum atomic E-state index is -0.762. The fourth-order valence-corrected chi connectivity index (χ4v) is 2.40. The van der Waals surface area contributed by atoms with E-state index in [0.717, 1.165) is 0 Å². The molecule has 1 atom stereocenters. The lowest BCUT2D eigenvalue weighted by molar-refractivity contribution is -0.122. The van der Waals surface area contributed by atoms with Gasteiger partial charge < -0.3 is 15.4 Å². The van der Waals surface area contributed by atoms with Crippen molar-refractivity contribution in [3.63, 3.8) is 0 Å². The standard InChI is InChI=1S/C21H25FN2O3/c1-4-19(27-16-11-9-15(22)10-12-16)21(26)24-18-8-6-5-7-17(18)20(25)23-13-14(2)3/h5-12,14,19H,4,13H2,1-3H3,(H,23,25)(H,24,26)/t19-/m0/s1. The molecule has 0 saturated carbocycles. The van der Waals surface area contributed by atoms with Gasteiger partial charge in [0.15, 0.2) is 6.10 Å². The molecule has 2 aromatic rings. The van der Waals surface area contributed by atoms with Crippen molar-refractivity contribution >= 4 is 17.5 Å². The molecule has 0 aromatic heterocycles. The van der Waals surface area contributed by atoms with E-state index in [1.165, 1.54) is 24.3 Å². The van der Waals surface area contributed by atoms with Crippen LogP contribution in [-0.4, -0.2) is 24.5 Å². The second-order valence-electron chi connectivity index (χ2n) is 6.61. The summed E-state index contributed by atoms with van der Waals surface area (Å²) in [4.78, 5) is 25.0. The van der Waals surface area contributed by atoms with E-state index in [2.05, 4.69) is 10.6 Å². The average Bonchev–Trinajstić information content (AvgIpc) is 2.66. The number of carbonyl (C=O) groups is 2. The Bertz CT molecular complexity index is 775. The van der Waals surface area contributed by atoms with Gasteiger partial charge >= 0.3 is 0 Å². The normalized spacial score (nSPS) is 11.7. The summed E-state index contributed by atoms with van der Waals surface area (Å²) in [6.07, 6.45) is -0.340. The minimum Gasteiger partial charge on any atom is -0.481 e. The predicted octanol–water partition coefficient (Wildman–Crippen LogP) is 4.01. The summed E-state index contributed by atoms with van der Waals surface area (Å²) in [5, 5.41) is 5.61. The highest BCUT2D eigenvalue weighted by Crippen LogP contribution is 2.18. The molecule has 2 aromatic carbocycles. The highest BCUT2D eigenvalue weighted by molar-refractivity contribution is 6.04. The molecule has 0 unspecified atom stereocenters. The number of benzene rings is 2. The largest absolute Gasteiger partial charge is 0.481 e. The van der Waals surface area contributed by atoms with Crippen LogP contribution in [0.25, 0.3) is 0 Å². The van der Waals surface area contributed by atoms with Crippen LogP contribution < -0.4 is 15.4 Å². The maximum absolute atomic E-state index is 13.0. The number of carbonyl (C=O) groups excluding carboxylic acids is 2. The first-order valence-electron chi connectivity index (χ1n) is 9.01. The number of hydrogen-bond acceptors (Lipinski definition) is 3. The van der Waals surface area contributed by atoms with Crippen LogP contribution in [0.15, 0.2) is 48.5 Å². The lowest BCUT2D eigenvalue weighted by Gasteiger charge is -2.18. The third-order valence-corrected chi connectivity index (χ3v) is 3.86. The van der Waals surface area contributed by atoms with Crippen molar-refractivity contribution < 1.29 is 18.7 Å². The molecule has 0 aliphatic carbocycles. The lowest BCUT2D eigenvalue weighted by atomic mass is 10.1. The van der Waals surface area contributed by atoms with Crippen LogP contribution in [-0.2, 0) is 4.79 Å². The van der Waals surface area contributed by atoms with Crippen LogP contribution in [0.5, 0.6) is 5.75 Å². The van der Waals surface area contributed by atoms with Gasteiger partial charge in [-0.2, -0.15) is 0 Å². The van der Waals surface area contributed by atoms with E-state index >= 15 is 0 Å². The molecular formula is C21H25FN2O3. The summed E-state index contributed by atoms with van der Waals surface area (Å²) in [5.74, 6) is -0.259. The van der Waals surface area contributed by atoms with E-state index in [1.807, 2.05) is 20.8 Å². The van der Waals surface area contributed by atoms with Crippen molar-refractivity contribution in [2.75, 3.05) is 11.9 Å². The Morgan fingerprint density at radius 1 is 1.07 bits per heavy atom. The Labute approximate surface area is 158 Å². The molecule has 0 aliphatic heterocycles. The number of rotatable bonds is 8. The SMILES string of the molecule is CC[C@H](Oc1ccc(F)cc1)C(=O)Nc1ccccc1C(=O)NCC(C)C. The molecule has 0 heterocycles. The highest BCUT2D eigenvalue weighted by atomic mass is 19.1. The third kappa shape index (κ3) is 6.09. The first-order chi connectivity index (χ1) is 12.9. The molecule has 0 fully saturated rings. The van der Waals surface area contributed by atoms with E-state index in [-0.39, 0.29) is 17.6 Å². The Morgan fingerprint density at radius 2 is 1.74 bits per heavy atom. The highest BCUT2D eigenvalue weighted by Gasteiger charge is 2.21. The van der Waals surface area contributed by atoms with Gasteiger partial charge in [0.2, 0.25) is 0 Å². The molecule has 5 nitrogen and oxygen atoms in total. The summed E-state index contributed by atoms with van der Waals surface area (Å²) in [7, 11) is 0. The first-order valence-corrected chi connectivity index (χ1v) is 9.01. The summed E-state index contributed by atoms with van der Waals surface area (Å²) >= 11 is 0. The average molecular weight is 372 g/mol. The van der Waals surface area contributed by atoms with Gasteiger partial charge in [0.05, 0.1) is 11.3 Å². The number of halogens is 1. The molecule has 2 N–H and O–H groups in total. The zero-order valence-corrected chi connectivity index (χ0v) is 15.8. The molecule has 6 heteroatoms. The Balaban J connectivity index is 2.09. The van der Waals surface area contributed by atoms with E-state index < -0.39 is 6.10 Å². The molecule has 0 saturated heterocycles. The molecule has 0 aliphatic rings. The molecule has 0 bridgehead atoms. The number of para-hydroxylation sites is 1. The van der Waals surface area contributed by atoms with E-state index in [0.29, 0.717) is 35.9 Å². The Hall–Kier alpha value is -2.89. The van der Waals surface area contributed by atoms with Gasteiger partial charge in [-0.25, -0.2) is 4.39 Å². The Morgan fingerprint density at radius 3 is 2.37 bits per heavy atom. The van der Waals surface area contributed by atoms with E-state index in [1.54, 1.807) is 24.3 Å². The Kier molecular flexibility index (Phi) is 7.34. The van der Waals surface area contributed by atoms with Gasteiger partial charge in [-0.15, -0.1) is 0 Å². The van der Waals surface area contributed by atoms with Crippen LogP contribution in [0.2, 0.25) is 0 Å². The fraction of sp³-hybridized carbons (Fsp3) is 0.333. The van der Waals surface area contributed by atoms with E-state index in [9.17, 15) is 14.0 Å². The van der Waals surface area contributed by atoms with Crippen LogP contribution in [0.1, 0.15) is 37.6 Å². The number of hydrogen-bond donors (Lipinski definition) is 2. The van der Waals surface area contributed by atoms with Crippen molar-refractivity contribution in [3.8, 4) is 5.75 Å². The maximum atomic E-state index is 13.0. The van der Waals surface area contributed by atoms with Crippen molar-refractivity contribution in [2.24, 2.45) is 5.92 Å². The van der Waals surface area contributed by atoms with Gasteiger partial charge in [0.25, 0.3) is 11.8 Å². The monoisotopic (exact) mass is 372 g/mol. The number of anilines is 1. The number of ether oxygens (including phenoxy) is 1. The first kappa shape index (κ1) is 20.4. The van der Waals surface area contributed by atoms with Crippen molar-refractivity contribution in [3.05, 3.63) is 59.9 Å². The zero-order valence-electron chi connectivity index (χ0n) is 15.8. The van der Waals surface area contributed by atoms with Crippen LogP contribution >= 0.6 is 0 Å². The third-order valence-electron chi connectivity index (χ3n) is 3.86. The fourth-order valence-electron chi connectivity index (χ4n) is 2.40. The van der Waals surface area contributed by atoms with Gasteiger partial charge in [0, 0.05) is 6.54 Å². The number of nitrogens with one attached hydrogen (secondary N) is 2. The molecule has 144 valence electrons. The summed E-state index contributed by atoms with van der Waals surface area (Å²) in [6.45, 7) is 6.38. The van der Waals surface area contributed by atoms with Gasteiger partial charge in [-0.3, -0.25) is 9.59 Å². The molecular weight excluding hydrogens is 347 g/mol. The molecule has 2 amide bonds. The van der Waals surface area contributed by atoms with Gasteiger partial charge in [-0.1, -0.05) is 32.9 Å². The summed E-state index contributed by atoms with van der Waals surface area (Å²) in [5.41, 5.74) is 0.813. The lowest BCUT2D eigenvalue weighted by Crippen LogP contribution is -2.34. The van der Waals surface area contributed by atoms with Crippen LogP contribution in [0.3, 0.4) is 0 Å². The van der Waals surface area contributed by atoms with Crippen molar-refractivity contribution in [2.45, 2.75) is 33.3 Å². The summed E-state index contributed by atoms with van der Waals surface area (Å²) < 4.78 is 18.7. The molecule has 0 radical (unpaired) electrons. The van der Waals surface area contributed by atoms with Crippen molar-refractivity contribution in [1.29, 1.82) is 0 Å². The smallest absolute Gasteiger partial charge is 0.265 e. The van der Waals surface area contributed by atoms with Gasteiger partial charge in [0.1, 0.15) is 11.6 Å². The maximum Gasteiger partial charge on any atom is 0.265 e. The second-order valence-corrected chi connectivity index (χ2v) is 6.61. The molecule has 27 heavy (non-hydrogen) atoms.